The third-order valence-corrected chi connectivity index (χ3v) is 3.32. The number of β-amino-alcohol motifs (C(OH)–C–C–N with tert-alkyl or cyclic N) is 1. The number of carbonyl (C=O) groups is 2. The number of rotatable bonds is 2. The average molecular weight is 288 g/mol. The first-order valence-electron chi connectivity index (χ1n) is 5.57. The Morgan fingerprint density at radius 3 is 2.68 bits per heavy atom. The predicted molar refractivity (Wildman–Crippen MR) is 64.5 cm³/mol. The molecule has 5 nitrogen and oxygen atoms in total. The Balaban J connectivity index is 2.36. The highest BCUT2D eigenvalue weighted by molar-refractivity contribution is 6.33. The molecule has 0 spiro atoms. The average Bonchev–Trinajstić information content (AvgIpc) is 2.71. The lowest BCUT2D eigenvalue weighted by molar-refractivity contribution is -0.141. The summed E-state index contributed by atoms with van der Waals surface area (Å²) in [4.78, 5) is 24.1. The zero-order chi connectivity index (χ0) is 14.2. The summed E-state index contributed by atoms with van der Waals surface area (Å²) >= 11 is 5.77. The Kier molecular flexibility index (Phi) is 3.73. The molecule has 2 rings (SSSR count). The molecular formula is C12H11ClFNO4. The lowest BCUT2D eigenvalue weighted by atomic mass is 10.1. The fraction of sp³-hybridized carbons (Fsp3) is 0.333. The molecule has 0 radical (unpaired) electrons. The van der Waals surface area contributed by atoms with Gasteiger partial charge >= 0.3 is 5.97 Å². The first-order chi connectivity index (χ1) is 8.91. The third kappa shape index (κ3) is 2.54. The van der Waals surface area contributed by atoms with Crippen molar-refractivity contribution >= 4 is 23.5 Å². The molecule has 1 aromatic carbocycles. The quantitative estimate of drug-likeness (QED) is 0.855. The maximum absolute atomic E-state index is 13.6. The molecule has 0 unspecified atom stereocenters. The topological polar surface area (TPSA) is 77.8 Å². The molecular weight excluding hydrogens is 277 g/mol. The molecule has 1 saturated heterocycles. The zero-order valence-electron chi connectivity index (χ0n) is 9.72. The molecule has 2 N–H and O–H groups in total. The molecule has 1 aromatic rings. The van der Waals surface area contributed by atoms with Crippen LogP contribution in [0.4, 0.5) is 4.39 Å². The summed E-state index contributed by atoms with van der Waals surface area (Å²) in [5.41, 5.74) is -0.371. The summed E-state index contributed by atoms with van der Waals surface area (Å²) < 4.78 is 13.6. The van der Waals surface area contributed by atoms with E-state index in [-0.39, 0.29) is 23.6 Å². The van der Waals surface area contributed by atoms with E-state index in [0.717, 1.165) is 11.0 Å². The van der Waals surface area contributed by atoms with E-state index < -0.39 is 29.8 Å². The summed E-state index contributed by atoms with van der Waals surface area (Å²) in [5.74, 6) is -2.88. The van der Waals surface area contributed by atoms with Crippen LogP contribution in [0.3, 0.4) is 0 Å². The number of amides is 1. The number of aliphatic carboxylic acids is 1. The Hall–Kier alpha value is -1.66. The summed E-state index contributed by atoms with van der Waals surface area (Å²) in [6.07, 6.45) is -1.01. The number of benzene rings is 1. The van der Waals surface area contributed by atoms with E-state index in [4.69, 9.17) is 16.7 Å². The summed E-state index contributed by atoms with van der Waals surface area (Å²) in [6.45, 7) is -0.152. The first kappa shape index (κ1) is 13.8. The van der Waals surface area contributed by atoms with Crippen molar-refractivity contribution in [2.75, 3.05) is 6.54 Å². The van der Waals surface area contributed by atoms with Crippen molar-refractivity contribution in [2.45, 2.75) is 18.6 Å². The van der Waals surface area contributed by atoms with Crippen molar-refractivity contribution < 1.29 is 24.2 Å². The van der Waals surface area contributed by atoms with Gasteiger partial charge in [0.2, 0.25) is 0 Å². The minimum atomic E-state index is -1.24. The monoisotopic (exact) mass is 287 g/mol. The molecule has 1 aliphatic rings. The molecule has 7 heteroatoms. The van der Waals surface area contributed by atoms with Crippen molar-refractivity contribution in [1.82, 2.24) is 4.90 Å². The number of aliphatic hydroxyl groups excluding tert-OH is 1. The molecule has 0 aromatic heterocycles. The second-order valence-corrected chi connectivity index (χ2v) is 4.70. The number of carboxylic acids is 1. The van der Waals surface area contributed by atoms with Crippen molar-refractivity contribution in [3.63, 3.8) is 0 Å². The number of carbonyl (C=O) groups excluding carboxylic acids is 1. The van der Waals surface area contributed by atoms with Gasteiger partial charge in [-0.2, -0.15) is 0 Å². The maximum Gasteiger partial charge on any atom is 0.326 e. The van der Waals surface area contributed by atoms with E-state index >= 15 is 0 Å². The van der Waals surface area contributed by atoms with Crippen molar-refractivity contribution in [3.05, 3.63) is 34.6 Å². The fourth-order valence-corrected chi connectivity index (χ4v) is 2.36. The van der Waals surface area contributed by atoms with Crippen LogP contribution in [0.15, 0.2) is 18.2 Å². The molecule has 1 aliphatic heterocycles. The lowest BCUT2D eigenvalue weighted by Crippen LogP contribution is -2.41. The number of hydrogen-bond acceptors (Lipinski definition) is 3. The van der Waals surface area contributed by atoms with Gasteiger partial charge in [-0.25, -0.2) is 9.18 Å². The highest BCUT2D eigenvalue weighted by Gasteiger charge is 2.40. The van der Waals surface area contributed by atoms with Crippen LogP contribution < -0.4 is 0 Å². The Bertz CT molecular complexity index is 516. The molecule has 1 amide bonds. The van der Waals surface area contributed by atoms with Gasteiger partial charge in [0.05, 0.1) is 16.7 Å². The van der Waals surface area contributed by atoms with Gasteiger partial charge < -0.3 is 15.1 Å². The molecule has 2 atom stereocenters. The normalized spacial score (nSPS) is 22.6. The van der Waals surface area contributed by atoms with Crippen LogP contribution in [0.5, 0.6) is 0 Å². The zero-order valence-corrected chi connectivity index (χ0v) is 10.5. The molecule has 1 heterocycles. The van der Waals surface area contributed by atoms with Crippen LogP contribution in [-0.2, 0) is 4.79 Å². The van der Waals surface area contributed by atoms with Crippen LogP contribution in [0.1, 0.15) is 16.8 Å². The number of carboxylic acid groups (broad SMARTS) is 1. The highest BCUT2D eigenvalue weighted by Crippen LogP contribution is 2.26. The maximum atomic E-state index is 13.6. The van der Waals surface area contributed by atoms with Gasteiger partial charge in [0, 0.05) is 13.0 Å². The highest BCUT2D eigenvalue weighted by atomic mass is 35.5. The third-order valence-electron chi connectivity index (χ3n) is 3.00. The van der Waals surface area contributed by atoms with Crippen LogP contribution in [0.2, 0.25) is 5.02 Å². The second kappa shape index (κ2) is 5.14. The lowest BCUT2D eigenvalue weighted by Gasteiger charge is -2.21. The van der Waals surface area contributed by atoms with Gasteiger partial charge in [-0.05, 0) is 12.1 Å². The van der Waals surface area contributed by atoms with Crippen LogP contribution >= 0.6 is 11.6 Å². The van der Waals surface area contributed by atoms with Gasteiger partial charge in [0.15, 0.2) is 0 Å². The standard InChI is InChI=1S/C12H11ClFNO4/c13-7-2-1-3-8(14)10(7)11(17)15-5-6(16)4-9(15)12(18)19/h1-3,6,9,16H,4-5H2,(H,18,19)/t6-,9-/m0/s1. The number of aliphatic hydroxyl groups is 1. The minimum Gasteiger partial charge on any atom is -0.480 e. The van der Waals surface area contributed by atoms with E-state index in [1.54, 1.807) is 0 Å². The summed E-state index contributed by atoms with van der Waals surface area (Å²) in [5, 5.41) is 18.4. The van der Waals surface area contributed by atoms with E-state index in [2.05, 4.69) is 0 Å². The number of likely N-dealkylation sites (tertiary alicyclic amines) is 1. The molecule has 19 heavy (non-hydrogen) atoms. The molecule has 1 fully saturated rings. The SMILES string of the molecule is O=C(O)[C@@H]1C[C@H](O)CN1C(=O)c1c(F)cccc1Cl. The smallest absolute Gasteiger partial charge is 0.326 e. The van der Waals surface area contributed by atoms with E-state index in [0.29, 0.717) is 0 Å². The number of halogens is 2. The van der Waals surface area contributed by atoms with Gasteiger partial charge in [-0.1, -0.05) is 17.7 Å². The number of hydrogen-bond donors (Lipinski definition) is 2. The molecule has 0 bridgehead atoms. The first-order valence-corrected chi connectivity index (χ1v) is 5.95. The molecule has 102 valence electrons. The fourth-order valence-electron chi connectivity index (χ4n) is 2.12. The Labute approximate surface area is 113 Å². The van der Waals surface area contributed by atoms with Gasteiger partial charge in [-0.3, -0.25) is 4.79 Å². The van der Waals surface area contributed by atoms with Crippen molar-refractivity contribution in [1.29, 1.82) is 0 Å². The summed E-state index contributed by atoms with van der Waals surface area (Å²) in [6, 6.07) is 2.60. The van der Waals surface area contributed by atoms with Crippen LogP contribution in [0.25, 0.3) is 0 Å². The minimum absolute atomic E-state index is 0.0762. The Morgan fingerprint density at radius 2 is 2.11 bits per heavy atom. The van der Waals surface area contributed by atoms with Crippen molar-refractivity contribution in [2.24, 2.45) is 0 Å². The van der Waals surface area contributed by atoms with Crippen LogP contribution in [-0.4, -0.2) is 45.7 Å². The largest absolute Gasteiger partial charge is 0.480 e. The van der Waals surface area contributed by atoms with Gasteiger partial charge in [-0.15, -0.1) is 0 Å². The van der Waals surface area contributed by atoms with Gasteiger partial charge in [0.1, 0.15) is 11.9 Å². The summed E-state index contributed by atoms with van der Waals surface area (Å²) in [7, 11) is 0. The van der Waals surface area contributed by atoms with Crippen LogP contribution in [0, 0.1) is 5.82 Å². The van der Waals surface area contributed by atoms with E-state index in [1.165, 1.54) is 12.1 Å². The molecule has 0 aliphatic carbocycles. The van der Waals surface area contributed by atoms with Gasteiger partial charge in [0.25, 0.3) is 5.91 Å². The van der Waals surface area contributed by atoms with E-state index in [1.807, 2.05) is 0 Å². The predicted octanol–water partition coefficient (Wildman–Crippen LogP) is 1.14. The Morgan fingerprint density at radius 1 is 1.42 bits per heavy atom. The van der Waals surface area contributed by atoms with E-state index in [9.17, 15) is 19.1 Å². The number of nitrogens with zero attached hydrogens (tertiary/aromatic N) is 1. The molecule has 0 saturated carbocycles. The second-order valence-electron chi connectivity index (χ2n) is 4.30. The van der Waals surface area contributed by atoms with Crippen molar-refractivity contribution in [3.8, 4) is 0 Å².